The number of imide groups is 1. The van der Waals surface area contributed by atoms with Crippen molar-refractivity contribution < 1.29 is 24.1 Å². The first kappa shape index (κ1) is 24.1. The summed E-state index contributed by atoms with van der Waals surface area (Å²) in [6, 6.07) is 5.61. The molecule has 1 aromatic rings. The van der Waals surface area contributed by atoms with Gasteiger partial charge in [-0.15, -0.1) is 0 Å². The molecule has 1 aliphatic heterocycles. The Hall–Kier alpha value is -3.21. The van der Waals surface area contributed by atoms with Crippen molar-refractivity contribution in [1.82, 2.24) is 15.5 Å². The quantitative estimate of drug-likeness (QED) is 0.353. The van der Waals surface area contributed by atoms with E-state index in [0.717, 1.165) is 16.7 Å². The molecule has 1 saturated heterocycles. The van der Waals surface area contributed by atoms with Gasteiger partial charge in [0, 0.05) is 43.6 Å². The number of non-ortho nitro benzene ring substituents is 1. The van der Waals surface area contributed by atoms with Crippen LogP contribution in [-0.2, 0) is 14.4 Å². The van der Waals surface area contributed by atoms with Gasteiger partial charge in [0.1, 0.15) is 0 Å². The fourth-order valence-electron chi connectivity index (χ4n) is 2.49. The Morgan fingerprint density at radius 1 is 1.13 bits per heavy atom. The van der Waals surface area contributed by atoms with Crippen LogP contribution in [0, 0.1) is 15.5 Å². The van der Waals surface area contributed by atoms with Gasteiger partial charge in [0.15, 0.2) is 0 Å². The summed E-state index contributed by atoms with van der Waals surface area (Å²) >= 11 is 0.770. The zero-order chi connectivity index (χ0) is 23.2. The van der Waals surface area contributed by atoms with Crippen LogP contribution in [0.15, 0.2) is 29.2 Å². The van der Waals surface area contributed by atoms with Crippen molar-refractivity contribution in [2.75, 3.05) is 19.6 Å². The maximum absolute atomic E-state index is 12.5. The molecule has 0 spiro atoms. The van der Waals surface area contributed by atoms with E-state index in [0.29, 0.717) is 5.56 Å². The van der Waals surface area contributed by atoms with E-state index in [1.807, 2.05) is 0 Å². The average Bonchev–Trinajstić information content (AvgIpc) is 2.95. The van der Waals surface area contributed by atoms with Crippen molar-refractivity contribution in [1.29, 1.82) is 0 Å². The lowest BCUT2D eigenvalue weighted by Gasteiger charge is -2.17. The Labute approximate surface area is 183 Å². The first-order chi connectivity index (χ1) is 14.5. The molecule has 4 amide bonds. The summed E-state index contributed by atoms with van der Waals surface area (Å²) in [5.41, 5.74) is -0.0507. The van der Waals surface area contributed by atoms with Gasteiger partial charge in [-0.2, -0.15) is 0 Å². The van der Waals surface area contributed by atoms with Crippen molar-refractivity contribution in [3.05, 3.63) is 44.8 Å². The van der Waals surface area contributed by atoms with Gasteiger partial charge in [-0.25, -0.2) is 0 Å². The van der Waals surface area contributed by atoms with Crippen LogP contribution in [0.1, 0.15) is 32.8 Å². The third kappa shape index (κ3) is 6.92. The molecular weight excluding hydrogens is 424 g/mol. The zero-order valence-electron chi connectivity index (χ0n) is 17.5. The summed E-state index contributed by atoms with van der Waals surface area (Å²) in [4.78, 5) is 59.6. The predicted octanol–water partition coefficient (Wildman–Crippen LogP) is 2.30. The number of rotatable bonds is 8. The SMILES string of the molecule is CC(C)(C)C(=O)NCCC(=O)NCCN1C(=O)S/C(=C/c2ccc([N+](=O)[O-])cc2)C1=O. The molecule has 0 bridgehead atoms. The lowest BCUT2D eigenvalue weighted by molar-refractivity contribution is -0.384. The minimum absolute atomic E-state index is 0.0162. The highest BCUT2D eigenvalue weighted by molar-refractivity contribution is 8.18. The molecule has 11 heteroatoms. The molecule has 0 atom stereocenters. The minimum Gasteiger partial charge on any atom is -0.355 e. The van der Waals surface area contributed by atoms with Gasteiger partial charge in [0.05, 0.1) is 9.83 Å². The van der Waals surface area contributed by atoms with E-state index in [4.69, 9.17) is 0 Å². The van der Waals surface area contributed by atoms with Gasteiger partial charge in [0.25, 0.3) is 16.8 Å². The Balaban J connectivity index is 1.82. The minimum atomic E-state index is -0.537. The van der Waals surface area contributed by atoms with Crippen LogP contribution in [0.4, 0.5) is 10.5 Å². The number of nitrogens with zero attached hydrogens (tertiary/aromatic N) is 2. The number of amides is 4. The molecule has 31 heavy (non-hydrogen) atoms. The van der Waals surface area contributed by atoms with E-state index in [1.165, 1.54) is 30.3 Å². The van der Waals surface area contributed by atoms with Gasteiger partial charge in [-0.05, 0) is 35.5 Å². The molecule has 166 valence electrons. The Bertz CT molecular complexity index is 921. The number of thioether (sulfide) groups is 1. The van der Waals surface area contributed by atoms with Crippen molar-refractivity contribution >= 4 is 46.5 Å². The Kier molecular flexibility index (Phi) is 7.92. The molecule has 0 radical (unpaired) electrons. The standard InChI is InChI=1S/C20H24N4O6S/c1-20(2,3)18(27)22-9-8-16(25)21-10-11-23-17(26)15(31-19(23)28)12-13-4-6-14(7-5-13)24(29)30/h4-7,12H,8-11H2,1-3H3,(H,21,25)(H,22,27)/b15-12+. The van der Waals surface area contributed by atoms with E-state index < -0.39 is 21.5 Å². The topological polar surface area (TPSA) is 139 Å². The van der Waals surface area contributed by atoms with Gasteiger partial charge in [-0.1, -0.05) is 20.8 Å². The number of carbonyl (C=O) groups is 4. The Morgan fingerprint density at radius 3 is 2.35 bits per heavy atom. The lowest BCUT2D eigenvalue weighted by Crippen LogP contribution is -2.39. The average molecular weight is 449 g/mol. The van der Waals surface area contributed by atoms with Crippen LogP contribution in [-0.4, -0.2) is 52.4 Å². The lowest BCUT2D eigenvalue weighted by atomic mass is 9.96. The summed E-state index contributed by atoms with van der Waals surface area (Å²) in [6.45, 7) is 5.62. The first-order valence-electron chi connectivity index (χ1n) is 9.54. The second kappa shape index (κ2) is 10.2. The Morgan fingerprint density at radius 2 is 1.77 bits per heavy atom. The number of benzene rings is 1. The maximum atomic E-state index is 12.5. The monoisotopic (exact) mass is 448 g/mol. The largest absolute Gasteiger partial charge is 0.355 e. The summed E-state index contributed by atoms with van der Waals surface area (Å²) in [6.07, 6.45) is 1.58. The number of nitro benzene ring substituents is 1. The van der Waals surface area contributed by atoms with Crippen LogP contribution in [0.25, 0.3) is 6.08 Å². The highest BCUT2D eigenvalue weighted by atomic mass is 32.2. The van der Waals surface area contributed by atoms with Gasteiger partial charge >= 0.3 is 0 Å². The third-order valence-electron chi connectivity index (χ3n) is 4.25. The molecule has 1 fully saturated rings. The predicted molar refractivity (Wildman–Crippen MR) is 116 cm³/mol. The van der Waals surface area contributed by atoms with Crippen LogP contribution in [0.2, 0.25) is 0 Å². The highest BCUT2D eigenvalue weighted by Gasteiger charge is 2.34. The molecule has 2 rings (SSSR count). The summed E-state index contributed by atoms with van der Waals surface area (Å²) < 4.78 is 0. The molecule has 10 nitrogen and oxygen atoms in total. The van der Waals surface area contributed by atoms with Crippen molar-refractivity contribution in [2.45, 2.75) is 27.2 Å². The molecule has 1 heterocycles. The molecule has 0 unspecified atom stereocenters. The van der Waals surface area contributed by atoms with Crippen LogP contribution in [0.3, 0.4) is 0 Å². The van der Waals surface area contributed by atoms with Gasteiger partial charge in [0.2, 0.25) is 11.8 Å². The van der Waals surface area contributed by atoms with Crippen molar-refractivity contribution in [3.63, 3.8) is 0 Å². The second-order valence-electron chi connectivity index (χ2n) is 7.79. The second-order valence-corrected chi connectivity index (χ2v) is 8.78. The molecule has 0 aromatic heterocycles. The van der Waals surface area contributed by atoms with Gasteiger partial charge in [-0.3, -0.25) is 34.2 Å². The number of nitro groups is 1. The number of carbonyl (C=O) groups excluding carboxylic acids is 4. The first-order valence-corrected chi connectivity index (χ1v) is 10.4. The zero-order valence-corrected chi connectivity index (χ0v) is 18.3. The van der Waals surface area contributed by atoms with E-state index in [9.17, 15) is 29.3 Å². The number of hydrogen-bond donors (Lipinski definition) is 2. The van der Waals surface area contributed by atoms with Crippen molar-refractivity contribution in [3.8, 4) is 0 Å². The normalized spacial score (nSPS) is 15.3. The van der Waals surface area contributed by atoms with E-state index >= 15 is 0 Å². The summed E-state index contributed by atoms with van der Waals surface area (Å²) in [5, 5.41) is 15.5. The molecule has 1 aliphatic rings. The number of hydrogen-bond acceptors (Lipinski definition) is 7. The third-order valence-corrected chi connectivity index (χ3v) is 5.16. The molecule has 1 aromatic carbocycles. The number of nitrogens with one attached hydrogen (secondary N) is 2. The van der Waals surface area contributed by atoms with Gasteiger partial charge < -0.3 is 10.6 Å². The summed E-state index contributed by atoms with van der Waals surface area (Å²) in [7, 11) is 0. The van der Waals surface area contributed by atoms with Crippen LogP contribution >= 0.6 is 11.8 Å². The van der Waals surface area contributed by atoms with E-state index in [2.05, 4.69) is 10.6 Å². The molecule has 0 aliphatic carbocycles. The summed E-state index contributed by atoms with van der Waals surface area (Å²) in [5.74, 6) is -0.944. The highest BCUT2D eigenvalue weighted by Crippen LogP contribution is 2.32. The maximum Gasteiger partial charge on any atom is 0.293 e. The smallest absolute Gasteiger partial charge is 0.293 e. The fraction of sp³-hybridized carbons (Fsp3) is 0.400. The molecular formula is C20H24N4O6S. The molecule has 2 N–H and O–H groups in total. The van der Waals surface area contributed by atoms with Crippen LogP contribution < -0.4 is 10.6 Å². The van der Waals surface area contributed by atoms with E-state index in [1.54, 1.807) is 20.8 Å². The van der Waals surface area contributed by atoms with Crippen molar-refractivity contribution in [2.24, 2.45) is 5.41 Å². The molecule has 0 saturated carbocycles. The van der Waals surface area contributed by atoms with E-state index in [-0.39, 0.29) is 48.5 Å². The van der Waals surface area contributed by atoms with Crippen LogP contribution in [0.5, 0.6) is 0 Å². The fourth-order valence-corrected chi connectivity index (χ4v) is 3.35.